The largest absolute Gasteiger partial charge is 0.287 e. The molecule has 0 saturated heterocycles. The Balaban J connectivity index is 2.32. The first-order valence-electron chi connectivity index (χ1n) is 6.47. The SMILES string of the molecule is CC1CC=C(C(=O)c2c(Br)cnn2C(C)C)CC1. The number of rotatable bonds is 3. The van der Waals surface area contributed by atoms with Crippen LogP contribution < -0.4 is 0 Å². The maximum Gasteiger partial charge on any atom is 0.207 e. The molecular formula is C14H19BrN2O. The van der Waals surface area contributed by atoms with Gasteiger partial charge in [-0.15, -0.1) is 0 Å². The van der Waals surface area contributed by atoms with Crippen LogP contribution in [-0.2, 0) is 0 Å². The molecule has 0 bridgehead atoms. The number of hydrogen-bond donors (Lipinski definition) is 0. The van der Waals surface area contributed by atoms with Crippen LogP contribution >= 0.6 is 15.9 Å². The van der Waals surface area contributed by atoms with Gasteiger partial charge in [0, 0.05) is 6.04 Å². The van der Waals surface area contributed by atoms with E-state index in [1.807, 2.05) is 13.8 Å². The van der Waals surface area contributed by atoms with E-state index >= 15 is 0 Å². The van der Waals surface area contributed by atoms with E-state index in [-0.39, 0.29) is 11.8 Å². The number of allylic oxidation sites excluding steroid dienone is 2. The number of hydrogen-bond acceptors (Lipinski definition) is 2. The van der Waals surface area contributed by atoms with E-state index in [2.05, 4.69) is 34.0 Å². The zero-order valence-corrected chi connectivity index (χ0v) is 12.7. The molecule has 0 amide bonds. The Kier molecular flexibility index (Phi) is 4.05. The van der Waals surface area contributed by atoms with Crippen molar-refractivity contribution in [1.29, 1.82) is 0 Å². The zero-order valence-electron chi connectivity index (χ0n) is 11.1. The minimum Gasteiger partial charge on any atom is -0.287 e. The monoisotopic (exact) mass is 310 g/mol. The summed E-state index contributed by atoms with van der Waals surface area (Å²) in [7, 11) is 0. The van der Waals surface area contributed by atoms with Gasteiger partial charge in [0.15, 0.2) is 0 Å². The van der Waals surface area contributed by atoms with Gasteiger partial charge in [-0.3, -0.25) is 9.48 Å². The highest BCUT2D eigenvalue weighted by Crippen LogP contribution is 2.28. The fraction of sp³-hybridized carbons (Fsp3) is 0.571. The molecule has 0 radical (unpaired) electrons. The van der Waals surface area contributed by atoms with Gasteiger partial charge in [0.25, 0.3) is 0 Å². The van der Waals surface area contributed by atoms with Crippen LogP contribution in [0.3, 0.4) is 0 Å². The number of Topliss-reactive ketones (excluding diaryl/α,β-unsaturated/α-hetero) is 1. The molecule has 0 aliphatic heterocycles. The number of carbonyl (C=O) groups excluding carboxylic acids is 1. The lowest BCUT2D eigenvalue weighted by Crippen LogP contribution is -2.17. The highest BCUT2D eigenvalue weighted by atomic mass is 79.9. The second-order valence-electron chi connectivity index (χ2n) is 5.32. The standard InChI is InChI=1S/C14H19BrN2O/c1-9(2)17-13(12(15)8-16-17)14(18)11-6-4-10(3)5-7-11/h6,8-10H,4-5,7H2,1-3H3. The number of ketones is 1. The van der Waals surface area contributed by atoms with Gasteiger partial charge < -0.3 is 0 Å². The Morgan fingerprint density at radius 3 is 2.83 bits per heavy atom. The molecule has 3 nitrogen and oxygen atoms in total. The second kappa shape index (κ2) is 5.39. The summed E-state index contributed by atoms with van der Waals surface area (Å²) in [4.78, 5) is 12.6. The summed E-state index contributed by atoms with van der Waals surface area (Å²) in [6, 6.07) is 0.193. The summed E-state index contributed by atoms with van der Waals surface area (Å²) in [6.45, 7) is 6.30. The first-order chi connectivity index (χ1) is 8.50. The molecule has 18 heavy (non-hydrogen) atoms. The third-order valence-electron chi connectivity index (χ3n) is 3.42. The van der Waals surface area contributed by atoms with Gasteiger partial charge in [0.2, 0.25) is 5.78 Å². The van der Waals surface area contributed by atoms with Crippen LogP contribution in [-0.4, -0.2) is 15.6 Å². The van der Waals surface area contributed by atoms with Crippen LogP contribution in [0.5, 0.6) is 0 Å². The first-order valence-corrected chi connectivity index (χ1v) is 7.26. The topological polar surface area (TPSA) is 34.9 Å². The van der Waals surface area contributed by atoms with Crippen molar-refractivity contribution in [2.45, 2.75) is 46.1 Å². The van der Waals surface area contributed by atoms with Gasteiger partial charge in [-0.25, -0.2) is 0 Å². The third kappa shape index (κ3) is 2.58. The van der Waals surface area contributed by atoms with Crippen molar-refractivity contribution in [2.24, 2.45) is 5.92 Å². The molecule has 1 aromatic rings. The summed E-state index contributed by atoms with van der Waals surface area (Å²) in [5.41, 5.74) is 1.63. The molecule has 1 aliphatic rings. The molecule has 0 fully saturated rings. The van der Waals surface area contributed by atoms with Crippen molar-refractivity contribution < 1.29 is 4.79 Å². The molecule has 0 N–H and O–H groups in total. The van der Waals surface area contributed by atoms with E-state index in [9.17, 15) is 4.79 Å². The lowest BCUT2D eigenvalue weighted by Gasteiger charge is -2.18. The van der Waals surface area contributed by atoms with Crippen LogP contribution in [0, 0.1) is 5.92 Å². The lowest BCUT2D eigenvalue weighted by atomic mass is 9.88. The van der Waals surface area contributed by atoms with E-state index in [1.54, 1.807) is 10.9 Å². The molecule has 2 rings (SSSR count). The van der Waals surface area contributed by atoms with Gasteiger partial charge in [-0.2, -0.15) is 5.10 Å². The summed E-state index contributed by atoms with van der Waals surface area (Å²) in [5, 5.41) is 4.27. The molecular weight excluding hydrogens is 292 g/mol. The molecule has 98 valence electrons. The summed E-state index contributed by atoms with van der Waals surface area (Å²) >= 11 is 3.43. The van der Waals surface area contributed by atoms with Gasteiger partial charge in [-0.1, -0.05) is 13.0 Å². The summed E-state index contributed by atoms with van der Waals surface area (Å²) in [5.74, 6) is 0.819. The van der Waals surface area contributed by atoms with Crippen molar-refractivity contribution in [3.05, 3.63) is 28.0 Å². The fourth-order valence-corrected chi connectivity index (χ4v) is 2.72. The highest BCUT2D eigenvalue weighted by molar-refractivity contribution is 9.10. The van der Waals surface area contributed by atoms with E-state index in [1.165, 1.54) is 0 Å². The van der Waals surface area contributed by atoms with Crippen LogP contribution in [0.25, 0.3) is 0 Å². The molecule has 4 heteroatoms. The number of nitrogens with zero attached hydrogens (tertiary/aromatic N) is 2. The van der Waals surface area contributed by atoms with E-state index in [4.69, 9.17) is 0 Å². The summed E-state index contributed by atoms with van der Waals surface area (Å²) < 4.78 is 2.59. The Hall–Kier alpha value is -0.900. The molecule has 0 saturated carbocycles. The average Bonchev–Trinajstić information content (AvgIpc) is 2.71. The first kappa shape index (κ1) is 13.5. The predicted molar refractivity (Wildman–Crippen MR) is 75.7 cm³/mol. The molecule has 1 heterocycles. The van der Waals surface area contributed by atoms with Crippen LogP contribution in [0.1, 0.15) is 56.6 Å². The van der Waals surface area contributed by atoms with E-state index in [0.717, 1.165) is 29.3 Å². The van der Waals surface area contributed by atoms with E-state index in [0.29, 0.717) is 11.6 Å². The van der Waals surface area contributed by atoms with Crippen molar-refractivity contribution in [2.75, 3.05) is 0 Å². The Morgan fingerprint density at radius 2 is 2.28 bits per heavy atom. The Morgan fingerprint density at radius 1 is 1.56 bits per heavy atom. The third-order valence-corrected chi connectivity index (χ3v) is 4.00. The number of aromatic nitrogens is 2. The number of halogens is 1. The Labute approximate surface area is 116 Å². The second-order valence-corrected chi connectivity index (χ2v) is 6.17. The maximum atomic E-state index is 12.6. The molecule has 1 aromatic heterocycles. The average molecular weight is 311 g/mol. The minimum absolute atomic E-state index is 0.125. The molecule has 0 aromatic carbocycles. The minimum atomic E-state index is 0.125. The van der Waals surface area contributed by atoms with Crippen LogP contribution in [0.4, 0.5) is 0 Å². The number of carbonyl (C=O) groups is 1. The fourth-order valence-electron chi connectivity index (χ4n) is 2.27. The predicted octanol–water partition coefficient (Wildman–Crippen LogP) is 4.16. The zero-order chi connectivity index (χ0) is 13.3. The molecule has 1 unspecified atom stereocenters. The summed E-state index contributed by atoms with van der Waals surface area (Å²) in [6.07, 6.45) is 6.80. The van der Waals surface area contributed by atoms with Gasteiger partial charge in [0.05, 0.1) is 10.7 Å². The molecule has 1 atom stereocenters. The lowest BCUT2D eigenvalue weighted by molar-refractivity contribution is 0.101. The molecule has 0 spiro atoms. The smallest absolute Gasteiger partial charge is 0.207 e. The van der Waals surface area contributed by atoms with Gasteiger partial charge >= 0.3 is 0 Å². The molecule has 1 aliphatic carbocycles. The normalized spacial score (nSPS) is 20.1. The van der Waals surface area contributed by atoms with Gasteiger partial charge in [0.1, 0.15) is 5.69 Å². The van der Waals surface area contributed by atoms with Crippen molar-refractivity contribution in [3.8, 4) is 0 Å². The highest BCUT2D eigenvalue weighted by Gasteiger charge is 2.23. The van der Waals surface area contributed by atoms with Crippen LogP contribution in [0.15, 0.2) is 22.3 Å². The van der Waals surface area contributed by atoms with Crippen molar-refractivity contribution in [3.63, 3.8) is 0 Å². The maximum absolute atomic E-state index is 12.6. The quantitative estimate of drug-likeness (QED) is 0.786. The van der Waals surface area contributed by atoms with Crippen molar-refractivity contribution in [1.82, 2.24) is 9.78 Å². The van der Waals surface area contributed by atoms with Crippen LogP contribution in [0.2, 0.25) is 0 Å². The Bertz CT molecular complexity index is 488. The van der Waals surface area contributed by atoms with Crippen molar-refractivity contribution >= 4 is 21.7 Å². The van der Waals surface area contributed by atoms with E-state index < -0.39 is 0 Å². The van der Waals surface area contributed by atoms with Gasteiger partial charge in [-0.05, 0) is 60.5 Å².